The fourth-order valence-corrected chi connectivity index (χ4v) is 2.69. The normalized spacial score (nSPS) is 18.9. The summed E-state index contributed by atoms with van der Waals surface area (Å²) in [5.41, 5.74) is 1.84. The van der Waals surface area contributed by atoms with Crippen molar-refractivity contribution in [2.24, 2.45) is 0 Å². The Labute approximate surface area is 121 Å². The molecule has 4 heteroatoms. The molecule has 1 unspecified atom stereocenters. The van der Waals surface area contributed by atoms with Gasteiger partial charge in [-0.25, -0.2) is 0 Å². The summed E-state index contributed by atoms with van der Waals surface area (Å²) in [6.07, 6.45) is 2.15. The number of rotatable bonds is 6. The van der Waals surface area contributed by atoms with Crippen LogP contribution in [0.1, 0.15) is 24.5 Å². The Morgan fingerprint density at radius 2 is 2.35 bits per heavy atom. The molecule has 20 heavy (non-hydrogen) atoms. The lowest BCUT2D eigenvalue weighted by molar-refractivity contribution is 0.320. The predicted molar refractivity (Wildman–Crippen MR) is 79.9 cm³/mol. The zero-order chi connectivity index (χ0) is 14.4. The highest BCUT2D eigenvalue weighted by molar-refractivity contribution is 5.42. The van der Waals surface area contributed by atoms with Gasteiger partial charge < -0.3 is 15.0 Å². The topological polar surface area (TPSA) is 48.3 Å². The lowest BCUT2D eigenvalue weighted by Gasteiger charge is -2.17. The molecule has 0 spiro atoms. The summed E-state index contributed by atoms with van der Waals surface area (Å²) in [4.78, 5) is 2.47. The van der Waals surface area contributed by atoms with Crippen molar-refractivity contribution in [1.29, 1.82) is 5.26 Å². The van der Waals surface area contributed by atoms with E-state index in [-0.39, 0.29) is 0 Å². The van der Waals surface area contributed by atoms with Crippen LogP contribution in [0.5, 0.6) is 5.75 Å². The van der Waals surface area contributed by atoms with E-state index in [0.29, 0.717) is 18.2 Å². The van der Waals surface area contributed by atoms with E-state index in [1.165, 1.54) is 6.42 Å². The molecule has 1 aliphatic heterocycles. The van der Waals surface area contributed by atoms with Crippen molar-refractivity contribution >= 4 is 0 Å². The molecule has 0 bridgehead atoms. The van der Waals surface area contributed by atoms with Crippen LogP contribution in [0.4, 0.5) is 0 Å². The van der Waals surface area contributed by atoms with E-state index in [2.05, 4.69) is 16.3 Å². The second-order valence-electron chi connectivity index (χ2n) is 5.19. The maximum Gasteiger partial charge on any atom is 0.122 e. The first-order chi connectivity index (χ1) is 9.76. The number of likely N-dealkylation sites (N-methyl/N-ethyl adjacent to an activating group) is 1. The zero-order valence-electron chi connectivity index (χ0n) is 12.4. The Hall–Kier alpha value is -1.57. The Morgan fingerprint density at radius 1 is 1.50 bits per heavy atom. The molecule has 2 rings (SSSR count). The van der Waals surface area contributed by atoms with Crippen LogP contribution in [0.15, 0.2) is 18.2 Å². The van der Waals surface area contributed by atoms with Crippen molar-refractivity contribution in [3.05, 3.63) is 29.3 Å². The van der Waals surface area contributed by atoms with Crippen LogP contribution in [0.25, 0.3) is 0 Å². The van der Waals surface area contributed by atoms with E-state index in [1.54, 1.807) is 0 Å². The molecule has 1 heterocycles. The minimum atomic E-state index is 0.617. The highest BCUT2D eigenvalue weighted by Gasteiger charge is 2.20. The summed E-state index contributed by atoms with van der Waals surface area (Å²) in [6.45, 7) is 5.92. The lowest BCUT2D eigenvalue weighted by Crippen LogP contribution is -2.30. The first-order valence-electron chi connectivity index (χ1n) is 7.32. The van der Waals surface area contributed by atoms with Gasteiger partial charge in [-0.05, 0) is 57.1 Å². The molecule has 1 aromatic rings. The molecular formula is C16H23N3O. The number of nitriles is 1. The van der Waals surface area contributed by atoms with E-state index in [9.17, 15) is 0 Å². The molecule has 1 saturated heterocycles. The van der Waals surface area contributed by atoms with Crippen molar-refractivity contribution in [1.82, 2.24) is 10.2 Å². The summed E-state index contributed by atoms with van der Waals surface area (Å²) in [7, 11) is 2.03. The van der Waals surface area contributed by atoms with Gasteiger partial charge in [0.2, 0.25) is 0 Å². The molecule has 1 aliphatic rings. The third-order valence-corrected chi connectivity index (χ3v) is 3.87. The maximum absolute atomic E-state index is 9.02. The van der Waals surface area contributed by atoms with Gasteiger partial charge in [0.1, 0.15) is 5.75 Å². The number of likely N-dealkylation sites (tertiary alicyclic amines) is 1. The SMILES string of the molecule is CCOc1ccc(C#N)cc1CCN1CCC(NC)C1. The van der Waals surface area contributed by atoms with Gasteiger partial charge in [-0.2, -0.15) is 5.26 Å². The van der Waals surface area contributed by atoms with Gasteiger partial charge in [-0.15, -0.1) is 0 Å². The van der Waals surface area contributed by atoms with Crippen molar-refractivity contribution in [2.45, 2.75) is 25.8 Å². The first-order valence-corrected chi connectivity index (χ1v) is 7.32. The highest BCUT2D eigenvalue weighted by atomic mass is 16.5. The molecule has 108 valence electrons. The molecular weight excluding hydrogens is 250 g/mol. The monoisotopic (exact) mass is 273 g/mol. The summed E-state index contributed by atoms with van der Waals surface area (Å²) in [6, 6.07) is 8.51. The number of hydrogen-bond donors (Lipinski definition) is 1. The summed E-state index contributed by atoms with van der Waals surface area (Å²) < 4.78 is 5.65. The fraction of sp³-hybridized carbons (Fsp3) is 0.562. The van der Waals surface area contributed by atoms with Crippen LogP contribution in [0, 0.1) is 11.3 Å². The van der Waals surface area contributed by atoms with E-state index >= 15 is 0 Å². The fourth-order valence-electron chi connectivity index (χ4n) is 2.69. The van der Waals surface area contributed by atoms with E-state index in [0.717, 1.165) is 37.4 Å². The third-order valence-electron chi connectivity index (χ3n) is 3.87. The smallest absolute Gasteiger partial charge is 0.122 e. The van der Waals surface area contributed by atoms with Gasteiger partial charge in [0, 0.05) is 19.1 Å². The summed E-state index contributed by atoms with van der Waals surface area (Å²) in [5.74, 6) is 0.913. The van der Waals surface area contributed by atoms with Gasteiger partial charge in [0.15, 0.2) is 0 Å². The average Bonchev–Trinajstić information content (AvgIpc) is 2.94. The second kappa shape index (κ2) is 7.28. The van der Waals surface area contributed by atoms with E-state index < -0.39 is 0 Å². The van der Waals surface area contributed by atoms with Crippen molar-refractivity contribution in [2.75, 3.05) is 33.3 Å². The van der Waals surface area contributed by atoms with Crippen LogP contribution < -0.4 is 10.1 Å². The molecule has 0 radical (unpaired) electrons. The van der Waals surface area contributed by atoms with E-state index in [4.69, 9.17) is 10.00 Å². The number of nitrogens with zero attached hydrogens (tertiary/aromatic N) is 2. The number of hydrogen-bond acceptors (Lipinski definition) is 4. The molecule has 0 saturated carbocycles. The number of ether oxygens (including phenoxy) is 1. The average molecular weight is 273 g/mol. The highest BCUT2D eigenvalue weighted by Crippen LogP contribution is 2.21. The van der Waals surface area contributed by atoms with Crippen LogP contribution in [-0.2, 0) is 6.42 Å². The molecule has 0 aromatic heterocycles. The van der Waals surface area contributed by atoms with Gasteiger partial charge >= 0.3 is 0 Å². The van der Waals surface area contributed by atoms with Crippen molar-refractivity contribution in [3.63, 3.8) is 0 Å². The summed E-state index contributed by atoms with van der Waals surface area (Å²) in [5, 5.41) is 12.4. The molecule has 0 amide bonds. The lowest BCUT2D eigenvalue weighted by atomic mass is 10.1. The maximum atomic E-state index is 9.02. The second-order valence-corrected chi connectivity index (χ2v) is 5.19. The Bertz CT molecular complexity index is 481. The summed E-state index contributed by atoms with van der Waals surface area (Å²) >= 11 is 0. The third kappa shape index (κ3) is 3.72. The molecule has 4 nitrogen and oxygen atoms in total. The van der Waals surface area contributed by atoms with Crippen molar-refractivity contribution in [3.8, 4) is 11.8 Å². The quantitative estimate of drug-likeness (QED) is 0.858. The van der Waals surface area contributed by atoms with Crippen LogP contribution >= 0.6 is 0 Å². The predicted octanol–water partition coefficient (Wildman–Crippen LogP) is 1.79. The Morgan fingerprint density at radius 3 is 3.00 bits per heavy atom. The first kappa shape index (κ1) is 14.8. The Kier molecular flexibility index (Phi) is 5.40. The minimum Gasteiger partial charge on any atom is -0.494 e. The number of benzene rings is 1. The zero-order valence-corrected chi connectivity index (χ0v) is 12.4. The Balaban J connectivity index is 1.99. The molecule has 1 fully saturated rings. The van der Waals surface area contributed by atoms with Crippen molar-refractivity contribution < 1.29 is 4.74 Å². The van der Waals surface area contributed by atoms with Crippen LogP contribution in [0.3, 0.4) is 0 Å². The van der Waals surface area contributed by atoms with Gasteiger partial charge in [0.05, 0.1) is 18.2 Å². The molecule has 1 atom stereocenters. The van der Waals surface area contributed by atoms with Gasteiger partial charge in [-0.3, -0.25) is 0 Å². The van der Waals surface area contributed by atoms with Crippen LogP contribution in [0.2, 0.25) is 0 Å². The van der Waals surface area contributed by atoms with E-state index in [1.807, 2.05) is 32.2 Å². The molecule has 0 aliphatic carbocycles. The minimum absolute atomic E-state index is 0.617. The molecule has 1 aromatic carbocycles. The van der Waals surface area contributed by atoms with Gasteiger partial charge in [-0.1, -0.05) is 0 Å². The molecule has 1 N–H and O–H groups in total. The number of nitrogens with one attached hydrogen (secondary N) is 1. The van der Waals surface area contributed by atoms with Crippen LogP contribution in [-0.4, -0.2) is 44.2 Å². The van der Waals surface area contributed by atoms with Gasteiger partial charge in [0.25, 0.3) is 0 Å². The standard InChI is InChI=1S/C16H23N3O/c1-3-20-16-5-4-13(11-17)10-14(16)6-8-19-9-7-15(12-19)18-2/h4-5,10,15,18H,3,6-9,12H2,1-2H3. The largest absolute Gasteiger partial charge is 0.494 e.